The summed E-state index contributed by atoms with van der Waals surface area (Å²) in [6.45, 7) is 3.81. The third-order valence-electron chi connectivity index (χ3n) is 4.14. The fourth-order valence-corrected chi connectivity index (χ4v) is 3.52. The number of fused-ring (bicyclic) bond motifs is 2. The first kappa shape index (κ1) is 16.4. The molecule has 0 atom stereocenters. The topological polar surface area (TPSA) is 72.2 Å². The molecule has 130 valence electrons. The lowest BCUT2D eigenvalue weighted by molar-refractivity contribution is 0.0997. The monoisotopic (exact) mass is 368 g/mol. The summed E-state index contributed by atoms with van der Waals surface area (Å²) in [6.07, 6.45) is 0. The Morgan fingerprint density at radius 2 is 1.92 bits per heavy atom. The number of carbonyl (C=O) groups excluding carboxylic acids is 1. The molecule has 26 heavy (non-hydrogen) atoms. The zero-order chi connectivity index (χ0) is 18.4. The van der Waals surface area contributed by atoms with Crippen LogP contribution in [0.3, 0.4) is 0 Å². The Hall–Kier alpha value is -3.06. The van der Waals surface area contributed by atoms with Crippen LogP contribution in [-0.2, 0) is 0 Å². The first-order valence-corrected chi connectivity index (χ1v) is 8.65. The summed E-state index contributed by atoms with van der Waals surface area (Å²) >= 11 is 1.14. The van der Waals surface area contributed by atoms with Crippen LogP contribution in [0.15, 0.2) is 45.6 Å². The third-order valence-corrected chi connectivity index (χ3v) is 5.07. The molecular weight excluding hydrogens is 355 g/mol. The minimum Gasteiger partial charge on any atom is -0.451 e. The van der Waals surface area contributed by atoms with Gasteiger partial charge in [-0.15, -0.1) is 0 Å². The van der Waals surface area contributed by atoms with Gasteiger partial charge >= 0.3 is 0 Å². The van der Waals surface area contributed by atoms with E-state index in [-0.39, 0.29) is 17.0 Å². The van der Waals surface area contributed by atoms with Gasteiger partial charge in [-0.25, -0.2) is 9.37 Å². The molecule has 0 fully saturated rings. The Morgan fingerprint density at radius 3 is 2.73 bits per heavy atom. The Labute approximate surface area is 151 Å². The lowest BCUT2D eigenvalue weighted by Crippen LogP contribution is -2.15. The van der Waals surface area contributed by atoms with E-state index in [2.05, 4.69) is 10.3 Å². The predicted molar refractivity (Wildman–Crippen MR) is 99.5 cm³/mol. The van der Waals surface area contributed by atoms with Crippen molar-refractivity contribution in [2.24, 2.45) is 0 Å². The highest BCUT2D eigenvalue weighted by Crippen LogP contribution is 2.27. The number of halogens is 1. The SMILES string of the molecule is Cc1cc2oc(C(=O)Nc3nc4ccc(F)cc4s3)cc(=O)c2cc1C. The van der Waals surface area contributed by atoms with Crippen molar-refractivity contribution in [3.05, 3.63) is 69.3 Å². The number of amides is 1. The number of anilines is 1. The number of carbonyl (C=O) groups is 1. The van der Waals surface area contributed by atoms with Crippen LogP contribution in [0, 0.1) is 19.7 Å². The molecule has 0 saturated heterocycles. The van der Waals surface area contributed by atoms with E-state index in [1.807, 2.05) is 13.8 Å². The average Bonchev–Trinajstić information content (AvgIpc) is 2.97. The van der Waals surface area contributed by atoms with Crippen molar-refractivity contribution in [2.45, 2.75) is 13.8 Å². The fourth-order valence-electron chi connectivity index (χ4n) is 2.63. The van der Waals surface area contributed by atoms with E-state index < -0.39 is 5.91 Å². The van der Waals surface area contributed by atoms with Crippen molar-refractivity contribution >= 4 is 43.6 Å². The maximum atomic E-state index is 13.3. The zero-order valence-electron chi connectivity index (χ0n) is 13.9. The van der Waals surface area contributed by atoms with Gasteiger partial charge < -0.3 is 4.42 Å². The highest BCUT2D eigenvalue weighted by molar-refractivity contribution is 7.22. The van der Waals surface area contributed by atoms with Gasteiger partial charge in [0.1, 0.15) is 11.4 Å². The minimum atomic E-state index is -0.582. The molecule has 2 aromatic carbocycles. The summed E-state index contributed by atoms with van der Waals surface area (Å²) in [5.74, 6) is -1.05. The average molecular weight is 368 g/mol. The number of hydrogen-bond donors (Lipinski definition) is 1. The first-order valence-electron chi connectivity index (χ1n) is 7.83. The molecule has 7 heteroatoms. The van der Waals surface area contributed by atoms with E-state index in [1.165, 1.54) is 24.3 Å². The van der Waals surface area contributed by atoms with Crippen LogP contribution in [0.4, 0.5) is 9.52 Å². The van der Waals surface area contributed by atoms with E-state index in [0.29, 0.717) is 26.3 Å². The molecule has 2 aromatic heterocycles. The summed E-state index contributed by atoms with van der Waals surface area (Å²) < 4.78 is 19.5. The fraction of sp³-hybridized carbons (Fsp3) is 0.105. The summed E-state index contributed by atoms with van der Waals surface area (Å²) in [7, 11) is 0. The van der Waals surface area contributed by atoms with Crippen LogP contribution >= 0.6 is 11.3 Å². The maximum Gasteiger partial charge on any atom is 0.293 e. The van der Waals surface area contributed by atoms with Crippen molar-refractivity contribution in [1.29, 1.82) is 0 Å². The Balaban J connectivity index is 1.71. The number of aryl methyl sites for hydroxylation is 2. The molecule has 1 amide bonds. The second kappa shape index (κ2) is 6.03. The van der Waals surface area contributed by atoms with Crippen molar-refractivity contribution < 1.29 is 13.6 Å². The van der Waals surface area contributed by atoms with Crippen molar-refractivity contribution in [1.82, 2.24) is 4.98 Å². The van der Waals surface area contributed by atoms with Gasteiger partial charge in [0.15, 0.2) is 16.3 Å². The molecule has 0 unspecified atom stereocenters. The molecular formula is C19H13FN2O3S. The molecule has 0 aliphatic carbocycles. The van der Waals surface area contributed by atoms with Gasteiger partial charge in [0, 0.05) is 6.07 Å². The standard InChI is InChI=1S/C19H13FN2O3S/c1-9-5-12-14(23)8-16(25-15(12)6-10(9)2)18(24)22-19-21-13-4-3-11(20)7-17(13)26-19/h3-8H,1-2H3,(H,21,22,24). The molecule has 0 aliphatic rings. The van der Waals surface area contributed by atoms with Crippen molar-refractivity contribution in [2.75, 3.05) is 5.32 Å². The van der Waals surface area contributed by atoms with Crippen LogP contribution in [-0.4, -0.2) is 10.9 Å². The second-order valence-electron chi connectivity index (χ2n) is 5.99. The number of hydrogen-bond acceptors (Lipinski definition) is 5. The molecule has 0 aliphatic heterocycles. The molecule has 0 spiro atoms. The molecule has 4 aromatic rings. The van der Waals surface area contributed by atoms with E-state index in [0.717, 1.165) is 22.5 Å². The van der Waals surface area contributed by atoms with E-state index in [4.69, 9.17) is 4.42 Å². The summed E-state index contributed by atoms with van der Waals surface area (Å²) in [5.41, 5.74) is 2.59. The Bertz CT molecular complexity index is 1240. The lowest BCUT2D eigenvalue weighted by Gasteiger charge is -2.05. The van der Waals surface area contributed by atoms with Crippen LogP contribution < -0.4 is 10.7 Å². The van der Waals surface area contributed by atoms with Gasteiger partial charge in [-0.3, -0.25) is 14.9 Å². The number of rotatable bonds is 2. The summed E-state index contributed by atoms with van der Waals surface area (Å²) in [6, 6.07) is 8.85. The van der Waals surface area contributed by atoms with E-state index in [9.17, 15) is 14.0 Å². The van der Waals surface area contributed by atoms with Gasteiger partial charge in [0.2, 0.25) is 0 Å². The second-order valence-corrected chi connectivity index (χ2v) is 7.02. The van der Waals surface area contributed by atoms with Crippen LogP contribution in [0.25, 0.3) is 21.2 Å². The third kappa shape index (κ3) is 2.86. The van der Waals surface area contributed by atoms with Gasteiger partial charge in [0.05, 0.1) is 15.6 Å². The van der Waals surface area contributed by atoms with E-state index in [1.54, 1.807) is 12.1 Å². The molecule has 1 N–H and O–H groups in total. The van der Waals surface area contributed by atoms with E-state index >= 15 is 0 Å². The number of benzene rings is 2. The smallest absolute Gasteiger partial charge is 0.293 e. The van der Waals surface area contributed by atoms with Gasteiger partial charge in [0.25, 0.3) is 5.91 Å². The molecule has 5 nitrogen and oxygen atoms in total. The summed E-state index contributed by atoms with van der Waals surface area (Å²) in [4.78, 5) is 29.0. The van der Waals surface area contributed by atoms with Crippen LogP contribution in [0.2, 0.25) is 0 Å². The Kier molecular flexibility index (Phi) is 3.81. The van der Waals surface area contributed by atoms with Crippen LogP contribution in [0.5, 0.6) is 0 Å². The number of nitrogens with zero attached hydrogens (tertiary/aromatic N) is 1. The highest BCUT2D eigenvalue weighted by Gasteiger charge is 2.15. The van der Waals surface area contributed by atoms with Crippen molar-refractivity contribution in [3.63, 3.8) is 0 Å². The van der Waals surface area contributed by atoms with Crippen molar-refractivity contribution in [3.8, 4) is 0 Å². The molecule has 2 heterocycles. The normalized spacial score (nSPS) is 11.2. The predicted octanol–water partition coefficient (Wildman–Crippen LogP) is 4.41. The molecule has 0 radical (unpaired) electrons. The van der Waals surface area contributed by atoms with Gasteiger partial charge in [-0.05, 0) is 55.3 Å². The summed E-state index contributed by atoms with van der Waals surface area (Å²) in [5, 5.41) is 3.33. The molecule has 0 bridgehead atoms. The number of thiazole rings is 1. The highest BCUT2D eigenvalue weighted by atomic mass is 32.1. The maximum absolute atomic E-state index is 13.3. The first-order chi connectivity index (χ1) is 12.4. The van der Waals surface area contributed by atoms with Gasteiger partial charge in [-0.1, -0.05) is 11.3 Å². The number of aromatic nitrogens is 1. The number of nitrogens with one attached hydrogen (secondary N) is 1. The quantitative estimate of drug-likeness (QED) is 0.569. The largest absolute Gasteiger partial charge is 0.451 e. The van der Waals surface area contributed by atoms with Crippen LogP contribution in [0.1, 0.15) is 21.7 Å². The zero-order valence-corrected chi connectivity index (χ0v) is 14.7. The Morgan fingerprint density at radius 1 is 1.15 bits per heavy atom. The molecule has 4 rings (SSSR count). The lowest BCUT2D eigenvalue weighted by atomic mass is 10.1. The minimum absolute atomic E-state index is 0.101. The van der Waals surface area contributed by atoms with Gasteiger partial charge in [-0.2, -0.15) is 0 Å². The molecule has 0 saturated carbocycles.